The Labute approximate surface area is 146 Å². The number of hydrogen-bond acceptors (Lipinski definition) is 4. The molecule has 0 saturated carbocycles. The number of aromatic hydroxyl groups is 1. The van der Waals surface area contributed by atoms with Crippen LogP contribution in [0.5, 0.6) is 11.5 Å². The van der Waals surface area contributed by atoms with Crippen LogP contribution in [0.3, 0.4) is 0 Å². The van der Waals surface area contributed by atoms with E-state index in [1.807, 2.05) is 0 Å². The summed E-state index contributed by atoms with van der Waals surface area (Å²) in [6.07, 6.45) is 6.79. The molecule has 1 fully saturated rings. The van der Waals surface area contributed by atoms with Gasteiger partial charge in [0, 0.05) is 6.08 Å². The minimum absolute atomic E-state index is 0.172. The first-order valence-corrected chi connectivity index (χ1v) is 8.80. The third kappa shape index (κ3) is 2.96. The van der Waals surface area contributed by atoms with Crippen LogP contribution in [0, 0.1) is 0 Å². The molecule has 1 aromatic heterocycles. The summed E-state index contributed by atoms with van der Waals surface area (Å²) in [5, 5.41) is 10.4. The number of rotatable bonds is 3. The molecule has 0 spiro atoms. The standard InChI is InChI=1S/C20H21NO4/c1-13-5-2-3-9-21(13)12-16-17(22)8-7-15-19(23)18(25-20(15)16)11-14-6-4-10-24-14/h4,6-8,10-11,13,22H,2-3,5,9,12H2,1H3/p+1/b18-11-/t13-/m0/s1. The van der Waals surface area contributed by atoms with E-state index in [1.54, 1.807) is 36.6 Å². The number of nitrogens with one attached hydrogen (secondary N) is 1. The zero-order valence-electron chi connectivity index (χ0n) is 14.2. The number of benzene rings is 1. The molecule has 4 rings (SSSR count). The molecular formula is C20H22NO4+. The third-order valence-corrected chi connectivity index (χ3v) is 5.22. The first kappa shape index (κ1) is 16.0. The van der Waals surface area contributed by atoms with Crippen molar-refractivity contribution in [1.82, 2.24) is 0 Å². The molecule has 0 bridgehead atoms. The van der Waals surface area contributed by atoms with E-state index in [0.29, 0.717) is 29.7 Å². The molecule has 2 atom stereocenters. The van der Waals surface area contributed by atoms with E-state index in [9.17, 15) is 9.90 Å². The van der Waals surface area contributed by atoms with E-state index >= 15 is 0 Å². The van der Waals surface area contributed by atoms with E-state index in [1.165, 1.54) is 24.2 Å². The minimum Gasteiger partial charge on any atom is -0.507 e. The van der Waals surface area contributed by atoms with Crippen LogP contribution in [0.1, 0.15) is 47.9 Å². The van der Waals surface area contributed by atoms with Gasteiger partial charge in [-0.1, -0.05) is 0 Å². The second kappa shape index (κ2) is 6.41. The van der Waals surface area contributed by atoms with Crippen LogP contribution in [-0.4, -0.2) is 23.5 Å². The molecule has 2 aliphatic rings. The summed E-state index contributed by atoms with van der Waals surface area (Å²) in [5.74, 6) is 1.31. The average Bonchev–Trinajstić information content (AvgIpc) is 3.21. The third-order valence-electron chi connectivity index (χ3n) is 5.22. The van der Waals surface area contributed by atoms with Crippen molar-refractivity contribution in [3.8, 4) is 11.5 Å². The van der Waals surface area contributed by atoms with E-state index in [-0.39, 0.29) is 17.3 Å². The van der Waals surface area contributed by atoms with Crippen LogP contribution in [-0.2, 0) is 6.54 Å². The molecule has 130 valence electrons. The van der Waals surface area contributed by atoms with Gasteiger partial charge >= 0.3 is 0 Å². The largest absolute Gasteiger partial charge is 0.507 e. The molecule has 2 N–H and O–H groups in total. The highest BCUT2D eigenvalue weighted by atomic mass is 16.5. The van der Waals surface area contributed by atoms with Crippen LogP contribution in [0.2, 0.25) is 0 Å². The van der Waals surface area contributed by atoms with Crippen LogP contribution in [0.15, 0.2) is 40.7 Å². The van der Waals surface area contributed by atoms with Crippen molar-refractivity contribution in [2.24, 2.45) is 0 Å². The highest BCUT2D eigenvalue weighted by molar-refractivity contribution is 6.14. The molecule has 2 aliphatic heterocycles. The SMILES string of the molecule is C[C@H]1CCCC[NH+]1Cc1c(O)ccc2c1O/C(=C\c1ccco1)C2=O. The summed E-state index contributed by atoms with van der Waals surface area (Å²) in [7, 11) is 0. The van der Waals surface area contributed by atoms with Crippen LogP contribution >= 0.6 is 0 Å². The smallest absolute Gasteiger partial charge is 0.232 e. The topological polar surface area (TPSA) is 64.1 Å². The van der Waals surface area contributed by atoms with Gasteiger partial charge in [0.05, 0.1) is 30.0 Å². The fourth-order valence-corrected chi connectivity index (χ4v) is 3.71. The number of quaternary nitrogens is 1. The van der Waals surface area contributed by atoms with Crippen molar-refractivity contribution in [2.45, 2.75) is 38.8 Å². The maximum Gasteiger partial charge on any atom is 0.232 e. The van der Waals surface area contributed by atoms with Crippen LogP contribution in [0.4, 0.5) is 0 Å². The molecule has 25 heavy (non-hydrogen) atoms. The lowest BCUT2D eigenvalue weighted by Gasteiger charge is -2.30. The van der Waals surface area contributed by atoms with Gasteiger partial charge in [-0.2, -0.15) is 0 Å². The fraction of sp³-hybridized carbons (Fsp3) is 0.350. The number of phenolic OH excluding ortho intramolecular Hbond substituents is 1. The van der Waals surface area contributed by atoms with Gasteiger partial charge in [-0.25, -0.2) is 0 Å². The molecule has 1 saturated heterocycles. The Kier molecular flexibility index (Phi) is 4.09. The number of hydrogen-bond donors (Lipinski definition) is 2. The Hall–Kier alpha value is -2.53. The predicted octanol–water partition coefficient (Wildman–Crippen LogP) is 2.56. The van der Waals surface area contributed by atoms with Gasteiger partial charge in [-0.3, -0.25) is 4.79 Å². The fourth-order valence-electron chi connectivity index (χ4n) is 3.71. The van der Waals surface area contributed by atoms with Gasteiger partial charge in [-0.15, -0.1) is 0 Å². The molecular weight excluding hydrogens is 318 g/mol. The van der Waals surface area contributed by atoms with Gasteiger partial charge in [0.15, 0.2) is 11.5 Å². The molecule has 5 heteroatoms. The normalized spacial score (nSPS) is 24.4. The number of phenols is 1. The second-order valence-corrected chi connectivity index (χ2v) is 6.88. The predicted molar refractivity (Wildman–Crippen MR) is 92.6 cm³/mol. The molecule has 3 heterocycles. The van der Waals surface area contributed by atoms with Crippen molar-refractivity contribution in [3.63, 3.8) is 0 Å². The number of Topliss-reactive ketones (excluding diaryl/α,β-unsaturated/α-hetero) is 1. The van der Waals surface area contributed by atoms with E-state index in [0.717, 1.165) is 12.1 Å². The number of likely N-dealkylation sites (tertiary alicyclic amines) is 1. The van der Waals surface area contributed by atoms with Crippen molar-refractivity contribution in [1.29, 1.82) is 0 Å². The average molecular weight is 340 g/mol. The van der Waals surface area contributed by atoms with Gasteiger partial charge in [0.1, 0.15) is 18.1 Å². The van der Waals surface area contributed by atoms with Crippen molar-refractivity contribution >= 4 is 11.9 Å². The first-order chi connectivity index (χ1) is 12.1. The van der Waals surface area contributed by atoms with Crippen molar-refractivity contribution in [2.75, 3.05) is 6.54 Å². The van der Waals surface area contributed by atoms with Gasteiger partial charge < -0.3 is 19.2 Å². The Morgan fingerprint density at radius 1 is 1.32 bits per heavy atom. The number of furan rings is 1. The zero-order valence-corrected chi connectivity index (χ0v) is 14.2. The van der Waals surface area contributed by atoms with E-state index < -0.39 is 0 Å². The van der Waals surface area contributed by atoms with Crippen LogP contribution < -0.4 is 9.64 Å². The Bertz CT molecular complexity index is 822. The highest BCUT2D eigenvalue weighted by Crippen LogP contribution is 2.39. The number of ether oxygens (including phenoxy) is 1. The Morgan fingerprint density at radius 3 is 2.96 bits per heavy atom. The lowest BCUT2D eigenvalue weighted by molar-refractivity contribution is -0.941. The number of carbonyl (C=O) groups is 1. The van der Waals surface area contributed by atoms with Crippen molar-refractivity contribution in [3.05, 3.63) is 53.2 Å². The van der Waals surface area contributed by atoms with E-state index in [4.69, 9.17) is 9.15 Å². The number of piperidine rings is 1. The Balaban J connectivity index is 1.67. The number of fused-ring (bicyclic) bond motifs is 1. The zero-order chi connectivity index (χ0) is 17.4. The first-order valence-electron chi connectivity index (χ1n) is 8.80. The molecule has 0 aliphatic carbocycles. The molecule has 1 aromatic carbocycles. The summed E-state index contributed by atoms with van der Waals surface area (Å²) in [6, 6.07) is 7.30. The summed E-state index contributed by atoms with van der Waals surface area (Å²) in [6.45, 7) is 3.98. The van der Waals surface area contributed by atoms with Crippen LogP contribution in [0.25, 0.3) is 6.08 Å². The van der Waals surface area contributed by atoms with Crippen molar-refractivity contribution < 1.29 is 24.0 Å². The maximum absolute atomic E-state index is 12.6. The second-order valence-electron chi connectivity index (χ2n) is 6.88. The van der Waals surface area contributed by atoms with Gasteiger partial charge in [0.25, 0.3) is 0 Å². The number of allylic oxidation sites excluding steroid dienone is 1. The summed E-state index contributed by atoms with van der Waals surface area (Å²) in [5.41, 5.74) is 1.23. The molecule has 1 unspecified atom stereocenters. The molecule has 2 aromatic rings. The summed E-state index contributed by atoms with van der Waals surface area (Å²) >= 11 is 0. The lowest BCUT2D eigenvalue weighted by Crippen LogP contribution is -3.14. The molecule has 5 nitrogen and oxygen atoms in total. The van der Waals surface area contributed by atoms with Gasteiger partial charge in [-0.05, 0) is 50.5 Å². The monoisotopic (exact) mass is 340 g/mol. The lowest BCUT2D eigenvalue weighted by atomic mass is 10.0. The number of ketones is 1. The molecule has 0 radical (unpaired) electrons. The minimum atomic E-state index is -0.172. The number of carbonyl (C=O) groups excluding carboxylic acids is 1. The van der Waals surface area contributed by atoms with E-state index in [2.05, 4.69) is 6.92 Å². The summed E-state index contributed by atoms with van der Waals surface area (Å²) < 4.78 is 11.1. The highest BCUT2D eigenvalue weighted by Gasteiger charge is 2.33. The molecule has 0 amide bonds. The van der Waals surface area contributed by atoms with Gasteiger partial charge in [0.2, 0.25) is 5.78 Å². The summed E-state index contributed by atoms with van der Waals surface area (Å²) in [4.78, 5) is 14.0. The Morgan fingerprint density at radius 2 is 2.20 bits per heavy atom. The maximum atomic E-state index is 12.6. The quantitative estimate of drug-likeness (QED) is 0.843.